The molecule has 0 bridgehead atoms. The van der Waals surface area contributed by atoms with Crippen molar-refractivity contribution >= 4 is 0 Å². The maximum Gasteiger partial charge on any atom is 0.115 e. The van der Waals surface area contributed by atoms with Gasteiger partial charge in [0.2, 0.25) is 0 Å². The van der Waals surface area contributed by atoms with Crippen LogP contribution in [-0.2, 0) is 17.3 Å². The van der Waals surface area contributed by atoms with Gasteiger partial charge in [-0.1, -0.05) is 71.4 Å². The van der Waals surface area contributed by atoms with Gasteiger partial charge in [-0.15, -0.1) is 0 Å². The second kappa shape index (κ2) is 6.03. The van der Waals surface area contributed by atoms with Gasteiger partial charge in [-0.25, -0.2) is 0 Å². The molecule has 0 aliphatic carbocycles. The number of rotatable bonds is 2. The van der Waals surface area contributed by atoms with Crippen molar-refractivity contribution in [3.05, 3.63) is 64.2 Å². The molecular formula is C22H30O. The van der Waals surface area contributed by atoms with E-state index in [2.05, 4.69) is 60.6 Å². The summed E-state index contributed by atoms with van der Waals surface area (Å²) in [6.45, 7) is 15.9. The summed E-state index contributed by atoms with van der Waals surface area (Å²) in [6.07, 6.45) is 0.903. The van der Waals surface area contributed by atoms with Gasteiger partial charge >= 0.3 is 0 Å². The molecule has 1 nitrogen and oxygen atoms in total. The molecule has 124 valence electrons. The molecule has 2 aromatic rings. The van der Waals surface area contributed by atoms with Crippen LogP contribution < -0.4 is 0 Å². The van der Waals surface area contributed by atoms with Gasteiger partial charge in [-0.3, -0.25) is 0 Å². The van der Waals surface area contributed by atoms with Gasteiger partial charge in [0.25, 0.3) is 0 Å². The van der Waals surface area contributed by atoms with Crippen LogP contribution in [0.1, 0.15) is 69.4 Å². The standard InChI is InChI=1S/C22H30O/c1-15-12-19(21(2,3)4)18(20(13-15)22(5,6)7)14-16-8-10-17(23)11-9-16/h8-13,23H,14H2,1-7H3. The van der Waals surface area contributed by atoms with Crippen molar-refractivity contribution in [2.24, 2.45) is 0 Å². The van der Waals surface area contributed by atoms with Crippen molar-refractivity contribution in [3.63, 3.8) is 0 Å². The van der Waals surface area contributed by atoms with E-state index >= 15 is 0 Å². The van der Waals surface area contributed by atoms with E-state index < -0.39 is 0 Å². The van der Waals surface area contributed by atoms with Crippen LogP contribution in [0.5, 0.6) is 5.75 Å². The molecule has 0 aliphatic rings. The van der Waals surface area contributed by atoms with Crippen LogP contribution in [0.4, 0.5) is 0 Å². The zero-order valence-electron chi connectivity index (χ0n) is 15.6. The lowest BCUT2D eigenvalue weighted by molar-refractivity contribution is 0.475. The molecule has 0 aromatic heterocycles. The Morgan fingerprint density at radius 3 is 1.61 bits per heavy atom. The number of hydrogen-bond acceptors (Lipinski definition) is 1. The zero-order valence-corrected chi connectivity index (χ0v) is 15.6. The zero-order chi connectivity index (χ0) is 17.4. The minimum atomic E-state index is 0.109. The maximum absolute atomic E-state index is 9.53. The molecule has 0 spiro atoms. The van der Waals surface area contributed by atoms with Crippen LogP contribution in [0.25, 0.3) is 0 Å². The van der Waals surface area contributed by atoms with Crippen LogP contribution >= 0.6 is 0 Å². The van der Waals surface area contributed by atoms with Crippen molar-refractivity contribution in [2.75, 3.05) is 0 Å². The van der Waals surface area contributed by atoms with Gasteiger partial charge in [0.1, 0.15) is 5.75 Å². The second-order valence-corrected chi connectivity index (χ2v) is 8.68. The Hall–Kier alpha value is -1.76. The lowest BCUT2D eigenvalue weighted by Crippen LogP contribution is -2.21. The molecule has 0 fully saturated rings. The Morgan fingerprint density at radius 1 is 0.783 bits per heavy atom. The molecule has 0 atom stereocenters. The van der Waals surface area contributed by atoms with Crippen molar-refractivity contribution in [1.82, 2.24) is 0 Å². The summed E-state index contributed by atoms with van der Waals surface area (Å²) in [7, 11) is 0. The Bertz CT molecular complexity index is 644. The summed E-state index contributed by atoms with van der Waals surface area (Å²) in [5.41, 5.74) is 7.07. The molecule has 0 saturated carbocycles. The fourth-order valence-corrected chi connectivity index (χ4v) is 3.16. The predicted octanol–water partition coefficient (Wildman–Crippen LogP) is 5.89. The SMILES string of the molecule is Cc1cc(C(C)(C)C)c(Cc2ccc(O)cc2)c(C(C)(C)C)c1. The van der Waals surface area contributed by atoms with Crippen LogP contribution in [0.15, 0.2) is 36.4 Å². The number of aryl methyl sites for hydroxylation is 1. The summed E-state index contributed by atoms with van der Waals surface area (Å²) in [5.74, 6) is 0.324. The molecule has 0 radical (unpaired) electrons. The van der Waals surface area contributed by atoms with Crippen LogP contribution in [0.2, 0.25) is 0 Å². The van der Waals surface area contributed by atoms with E-state index in [-0.39, 0.29) is 10.8 Å². The number of hydrogen-bond donors (Lipinski definition) is 1. The normalized spacial score (nSPS) is 12.5. The van der Waals surface area contributed by atoms with Crippen molar-refractivity contribution in [2.45, 2.75) is 65.7 Å². The number of benzene rings is 2. The fourth-order valence-electron chi connectivity index (χ4n) is 3.16. The first kappa shape index (κ1) is 17.6. The first-order valence-corrected chi connectivity index (χ1v) is 8.41. The van der Waals surface area contributed by atoms with Crippen molar-refractivity contribution in [3.8, 4) is 5.75 Å². The van der Waals surface area contributed by atoms with E-state index in [1.54, 1.807) is 12.1 Å². The first-order chi connectivity index (χ1) is 10.5. The highest BCUT2D eigenvalue weighted by Gasteiger charge is 2.25. The molecule has 0 unspecified atom stereocenters. The van der Waals surface area contributed by atoms with Gasteiger partial charge in [0.05, 0.1) is 0 Å². The third-order valence-corrected chi connectivity index (χ3v) is 4.33. The van der Waals surface area contributed by atoms with Gasteiger partial charge < -0.3 is 5.11 Å². The average molecular weight is 310 g/mol. The Balaban J connectivity index is 2.64. The van der Waals surface area contributed by atoms with Crippen molar-refractivity contribution < 1.29 is 5.11 Å². The summed E-state index contributed by atoms with van der Waals surface area (Å²) in [5, 5.41) is 9.53. The smallest absolute Gasteiger partial charge is 0.115 e. The quantitative estimate of drug-likeness (QED) is 0.733. The Labute approximate surface area is 141 Å². The molecule has 1 N–H and O–H groups in total. The van der Waals surface area contributed by atoms with E-state index in [0.29, 0.717) is 5.75 Å². The Morgan fingerprint density at radius 2 is 1.22 bits per heavy atom. The van der Waals surface area contributed by atoms with Gasteiger partial charge in [-0.05, 0) is 58.6 Å². The topological polar surface area (TPSA) is 20.2 Å². The van der Waals surface area contributed by atoms with E-state index in [9.17, 15) is 5.11 Å². The van der Waals surface area contributed by atoms with Gasteiger partial charge in [-0.2, -0.15) is 0 Å². The predicted molar refractivity (Wildman–Crippen MR) is 99.5 cm³/mol. The maximum atomic E-state index is 9.53. The fraction of sp³-hybridized carbons (Fsp3) is 0.455. The van der Waals surface area contributed by atoms with Crippen LogP contribution in [-0.4, -0.2) is 5.11 Å². The Kier molecular flexibility index (Phi) is 4.61. The first-order valence-electron chi connectivity index (χ1n) is 8.41. The highest BCUT2D eigenvalue weighted by Crippen LogP contribution is 2.36. The minimum Gasteiger partial charge on any atom is -0.508 e. The number of phenols is 1. The molecular weight excluding hydrogens is 280 g/mol. The van der Waals surface area contributed by atoms with Crippen LogP contribution in [0, 0.1) is 6.92 Å². The molecule has 0 saturated heterocycles. The summed E-state index contributed by atoms with van der Waals surface area (Å²) in [6, 6.07) is 12.3. The summed E-state index contributed by atoms with van der Waals surface area (Å²) >= 11 is 0. The molecule has 1 heteroatoms. The number of aromatic hydroxyl groups is 1. The molecule has 2 rings (SSSR count). The van der Waals surface area contributed by atoms with E-state index in [0.717, 1.165) is 6.42 Å². The monoisotopic (exact) mass is 310 g/mol. The van der Waals surface area contributed by atoms with Crippen molar-refractivity contribution in [1.29, 1.82) is 0 Å². The molecule has 0 amide bonds. The largest absolute Gasteiger partial charge is 0.508 e. The van der Waals surface area contributed by atoms with E-state index in [1.807, 2.05) is 12.1 Å². The highest BCUT2D eigenvalue weighted by molar-refractivity contribution is 5.48. The average Bonchev–Trinajstić information content (AvgIpc) is 2.40. The summed E-state index contributed by atoms with van der Waals surface area (Å²) in [4.78, 5) is 0. The molecule has 23 heavy (non-hydrogen) atoms. The lowest BCUT2D eigenvalue weighted by Gasteiger charge is -2.31. The highest BCUT2D eigenvalue weighted by atomic mass is 16.3. The third-order valence-electron chi connectivity index (χ3n) is 4.33. The van der Waals surface area contributed by atoms with Crippen LogP contribution in [0.3, 0.4) is 0 Å². The van der Waals surface area contributed by atoms with E-state index in [4.69, 9.17) is 0 Å². The summed E-state index contributed by atoms with van der Waals surface area (Å²) < 4.78 is 0. The van der Waals surface area contributed by atoms with E-state index in [1.165, 1.54) is 27.8 Å². The van der Waals surface area contributed by atoms with Gasteiger partial charge in [0.15, 0.2) is 0 Å². The third kappa shape index (κ3) is 4.16. The lowest BCUT2D eigenvalue weighted by atomic mass is 9.74. The molecule has 0 aliphatic heterocycles. The second-order valence-electron chi connectivity index (χ2n) is 8.68. The van der Waals surface area contributed by atoms with Gasteiger partial charge in [0, 0.05) is 0 Å². The minimum absolute atomic E-state index is 0.109. The molecule has 0 heterocycles. The number of phenolic OH excluding ortho intramolecular Hbond substituents is 1. The molecule has 2 aromatic carbocycles.